The van der Waals surface area contributed by atoms with Crippen LogP contribution in [0, 0.1) is 5.41 Å². The van der Waals surface area contributed by atoms with Gasteiger partial charge in [0, 0.05) is 25.0 Å². The summed E-state index contributed by atoms with van der Waals surface area (Å²) in [6.07, 6.45) is 1.45. The van der Waals surface area contributed by atoms with Crippen molar-refractivity contribution in [3.05, 3.63) is 18.0 Å². The maximum Gasteiger partial charge on any atom is 0.242 e. The second kappa shape index (κ2) is 4.57. The van der Waals surface area contributed by atoms with Crippen molar-refractivity contribution in [3.63, 3.8) is 0 Å². The van der Waals surface area contributed by atoms with Crippen LogP contribution in [0.15, 0.2) is 17.2 Å². The lowest BCUT2D eigenvalue weighted by atomic mass is 9.98. The van der Waals surface area contributed by atoms with Crippen LogP contribution in [-0.2, 0) is 16.6 Å². The van der Waals surface area contributed by atoms with Gasteiger partial charge >= 0.3 is 0 Å². The van der Waals surface area contributed by atoms with Gasteiger partial charge in [0.25, 0.3) is 0 Å². The molecule has 0 radical (unpaired) electrons. The molecule has 1 aromatic rings. The van der Waals surface area contributed by atoms with Gasteiger partial charge in [-0.05, 0) is 11.5 Å². The van der Waals surface area contributed by atoms with Crippen LogP contribution in [0.3, 0.4) is 0 Å². The van der Waals surface area contributed by atoms with Gasteiger partial charge in [-0.3, -0.25) is 0 Å². The summed E-state index contributed by atoms with van der Waals surface area (Å²) in [4.78, 5) is 3.05. The van der Waals surface area contributed by atoms with Gasteiger partial charge in [-0.2, -0.15) is 0 Å². The summed E-state index contributed by atoms with van der Waals surface area (Å²) in [5.74, 6) is 0. The molecule has 0 aliphatic rings. The molecule has 0 fully saturated rings. The van der Waals surface area contributed by atoms with E-state index in [4.69, 9.17) is 5.73 Å². The van der Waals surface area contributed by atoms with Crippen molar-refractivity contribution >= 4 is 10.0 Å². The molecule has 1 rings (SSSR count). The first-order valence-electron chi connectivity index (χ1n) is 5.12. The highest BCUT2D eigenvalue weighted by molar-refractivity contribution is 7.89. The molecular weight excluding hydrogens is 226 g/mol. The third-order valence-corrected chi connectivity index (χ3v) is 3.42. The fourth-order valence-corrected chi connectivity index (χ4v) is 2.39. The summed E-state index contributed by atoms with van der Waals surface area (Å²) >= 11 is 0. The molecule has 0 aliphatic carbocycles. The van der Waals surface area contributed by atoms with E-state index in [1.54, 1.807) is 6.07 Å². The first kappa shape index (κ1) is 13.2. The van der Waals surface area contributed by atoms with Crippen LogP contribution in [0.4, 0.5) is 0 Å². The van der Waals surface area contributed by atoms with E-state index >= 15 is 0 Å². The van der Waals surface area contributed by atoms with Crippen molar-refractivity contribution in [2.24, 2.45) is 11.1 Å². The van der Waals surface area contributed by atoms with Crippen LogP contribution in [0.2, 0.25) is 0 Å². The SMILES string of the molecule is CC(C)(C)CNS(=O)(=O)c1c[nH]c(CN)c1. The molecule has 6 heteroatoms. The molecule has 0 aliphatic heterocycles. The Kier molecular flexibility index (Phi) is 3.77. The van der Waals surface area contributed by atoms with Crippen LogP contribution in [0.25, 0.3) is 0 Å². The third kappa shape index (κ3) is 3.62. The standard InChI is InChI=1S/C10H19N3O2S/c1-10(2,3)7-13-16(14,15)9-4-8(5-11)12-6-9/h4,6,12-13H,5,7,11H2,1-3H3. The third-order valence-electron chi connectivity index (χ3n) is 2.04. The fraction of sp³-hybridized carbons (Fsp3) is 0.600. The molecule has 0 spiro atoms. The number of nitrogens with two attached hydrogens (primary N) is 1. The molecule has 0 bridgehead atoms. The van der Waals surface area contributed by atoms with E-state index < -0.39 is 10.0 Å². The Morgan fingerprint density at radius 2 is 2.06 bits per heavy atom. The van der Waals surface area contributed by atoms with Gasteiger partial charge < -0.3 is 10.7 Å². The predicted molar refractivity (Wildman–Crippen MR) is 63.3 cm³/mol. The molecule has 92 valence electrons. The predicted octanol–water partition coefficient (Wildman–Crippen LogP) is 0.798. The topological polar surface area (TPSA) is 88.0 Å². The fourth-order valence-electron chi connectivity index (χ4n) is 1.09. The summed E-state index contributed by atoms with van der Waals surface area (Å²) in [5.41, 5.74) is 6.02. The second-order valence-electron chi connectivity index (χ2n) is 4.95. The molecule has 0 unspecified atom stereocenters. The molecule has 0 saturated heterocycles. The number of aromatic amines is 1. The van der Waals surface area contributed by atoms with E-state index in [1.165, 1.54) is 6.20 Å². The minimum Gasteiger partial charge on any atom is -0.363 e. The Balaban J connectivity index is 2.78. The molecule has 16 heavy (non-hydrogen) atoms. The minimum atomic E-state index is -3.42. The Hall–Kier alpha value is -0.850. The molecule has 1 aromatic heterocycles. The highest BCUT2D eigenvalue weighted by Gasteiger charge is 2.19. The van der Waals surface area contributed by atoms with Crippen molar-refractivity contribution in [1.29, 1.82) is 0 Å². The van der Waals surface area contributed by atoms with Crippen molar-refractivity contribution in [3.8, 4) is 0 Å². The number of H-pyrrole nitrogens is 1. The van der Waals surface area contributed by atoms with Gasteiger partial charge in [-0.25, -0.2) is 13.1 Å². The zero-order chi connectivity index (χ0) is 12.4. The lowest BCUT2D eigenvalue weighted by Gasteiger charge is -2.18. The maximum absolute atomic E-state index is 11.8. The Labute approximate surface area is 96.5 Å². The Bertz CT molecular complexity index is 443. The number of nitrogens with one attached hydrogen (secondary N) is 2. The van der Waals surface area contributed by atoms with Crippen molar-refractivity contribution in [2.45, 2.75) is 32.2 Å². The van der Waals surface area contributed by atoms with Crippen LogP contribution >= 0.6 is 0 Å². The maximum atomic E-state index is 11.8. The summed E-state index contributed by atoms with van der Waals surface area (Å²) in [6.45, 7) is 6.61. The summed E-state index contributed by atoms with van der Waals surface area (Å²) in [7, 11) is -3.42. The number of hydrogen-bond donors (Lipinski definition) is 3. The summed E-state index contributed by atoms with van der Waals surface area (Å²) < 4.78 is 26.2. The molecule has 0 atom stereocenters. The van der Waals surface area contributed by atoms with Crippen molar-refractivity contribution in [1.82, 2.24) is 9.71 Å². The first-order chi connectivity index (χ1) is 7.24. The van der Waals surface area contributed by atoms with Crippen molar-refractivity contribution < 1.29 is 8.42 Å². The zero-order valence-electron chi connectivity index (χ0n) is 9.87. The van der Waals surface area contributed by atoms with E-state index in [9.17, 15) is 8.42 Å². The molecule has 0 saturated carbocycles. The van der Waals surface area contributed by atoms with E-state index in [1.807, 2.05) is 20.8 Å². The smallest absolute Gasteiger partial charge is 0.242 e. The minimum absolute atomic E-state index is 0.0833. The lowest BCUT2D eigenvalue weighted by Crippen LogP contribution is -2.32. The first-order valence-corrected chi connectivity index (χ1v) is 6.60. The van der Waals surface area contributed by atoms with Gasteiger partial charge in [0.05, 0.1) is 4.90 Å². The van der Waals surface area contributed by atoms with Gasteiger partial charge in [-0.15, -0.1) is 0 Å². The molecular formula is C10H19N3O2S. The summed E-state index contributed by atoms with van der Waals surface area (Å²) in [6, 6.07) is 1.55. The molecule has 0 aromatic carbocycles. The van der Waals surface area contributed by atoms with Gasteiger partial charge in [-0.1, -0.05) is 20.8 Å². The molecule has 0 amide bonds. The van der Waals surface area contributed by atoms with Crippen LogP contribution in [0.1, 0.15) is 26.5 Å². The molecule has 4 N–H and O–H groups in total. The normalized spacial score (nSPS) is 13.0. The summed E-state index contributed by atoms with van der Waals surface area (Å²) in [5, 5.41) is 0. The van der Waals surface area contributed by atoms with Crippen LogP contribution < -0.4 is 10.5 Å². The van der Waals surface area contributed by atoms with Gasteiger partial charge in [0.1, 0.15) is 0 Å². The average Bonchev–Trinajstić information content (AvgIpc) is 2.62. The monoisotopic (exact) mass is 245 g/mol. The van der Waals surface area contributed by atoms with Gasteiger partial charge in [0.15, 0.2) is 0 Å². The lowest BCUT2D eigenvalue weighted by molar-refractivity contribution is 0.407. The van der Waals surface area contributed by atoms with Crippen molar-refractivity contribution in [2.75, 3.05) is 6.54 Å². The highest BCUT2D eigenvalue weighted by Crippen LogP contribution is 2.14. The Morgan fingerprint density at radius 1 is 1.44 bits per heavy atom. The number of hydrogen-bond acceptors (Lipinski definition) is 3. The van der Waals surface area contributed by atoms with E-state index in [0.717, 1.165) is 0 Å². The quantitative estimate of drug-likeness (QED) is 0.733. The van der Waals surface area contributed by atoms with Gasteiger partial charge in [0.2, 0.25) is 10.0 Å². The van der Waals surface area contributed by atoms with E-state index in [-0.39, 0.29) is 10.3 Å². The molecule has 5 nitrogen and oxygen atoms in total. The van der Waals surface area contributed by atoms with Crippen LogP contribution in [-0.4, -0.2) is 19.9 Å². The zero-order valence-corrected chi connectivity index (χ0v) is 10.7. The number of aromatic nitrogens is 1. The van der Waals surface area contributed by atoms with E-state index in [0.29, 0.717) is 18.8 Å². The largest absolute Gasteiger partial charge is 0.363 e. The Morgan fingerprint density at radius 3 is 2.50 bits per heavy atom. The molecule has 1 heterocycles. The van der Waals surface area contributed by atoms with Crippen LogP contribution in [0.5, 0.6) is 0 Å². The number of rotatable bonds is 4. The highest BCUT2D eigenvalue weighted by atomic mass is 32.2. The average molecular weight is 245 g/mol. The van der Waals surface area contributed by atoms with E-state index in [2.05, 4.69) is 9.71 Å². The second-order valence-corrected chi connectivity index (χ2v) is 6.72. The number of sulfonamides is 1.